The van der Waals surface area contributed by atoms with Crippen LogP contribution in [-0.2, 0) is 0 Å². The standard InChI is InChI=1S/C15H27N3/c1-4-13(5-2)12(3)18-11-17-10-15(18)14-7-6-8-16-9-14/h10-14,16H,4-9H2,1-3H3. The average Bonchev–Trinajstić information content (AvgIpc) is 2.90. The molecule has 2 rings (SSSR count). The van der Waals surface area contributed by atoms with Crippen LogP contribution >= 0.6 is 0 Å². The molecule has 1 fully saturated rings. The third kappa shape index (κ3) is 2.77. The van der Waals surface area contributed by atoms with Crippen molar-refractivity contribution < 1.29 is 0 Å². The lowest BCUT2D eigenvalue weighted by Crippen LogP contribution is -2.30. The zero-order valence-electron chi connectivity index (χ0n) is 12.0. The first kappa shape index (κ1) is 13.6. The predicted molar refractivity (Wildman–Crippen MR) is 75.9 cm³/mol. The molecule has 1 aliphatic rings. The molecule has 1 aliphatic heterocycles. The van der Waals surface area contributed by atoms with Gasteiger partial charge in [0, 0.05) is 30.4 Å². The number of aromatic nitrogens is 2. The maximum Gasteiger partial charge on any atom is 0.0950 e. The summed E-state index contributed by atoms with van der Waals surface area (Å²) < 4.78 is 2.43. The van der Waals surface area contributed by atoms with Crippen LogP contribution in [0.1, 0.15) is 64.1 Å². The van der Waals surface area contributed by atoms with Gasteiger partial charge in [0.05, 0.1) is 6.33 Å². The van der Waals surface area contributed by atoms with Crippen LogP contribution in [0.4, 0.5) is 0 Å². The molecule has 0 aromatic carbocycles. The Labute approximate surface area is 111 Å². The summed E-state index contributed by atoms with van der Waals surface area (Å²) in [5.41, 5.74) is 1.43. The van der Waals surface area contributed by atoms with E-state index in [9.17, 15) is 0 Å². The minimum Gasteiger partial charge on any atom is -0.331 e. The van der Waals surface area contributed by atoms with E-state index in [1.807, 2.05) is 6.33 Å². The summed E-state index contributed by atoms with van der Waals surface area (Å²) in [7, 11) is 0. The van der Waals surface area contributed by atoms with Gasteiger partial charge >= 0.3 is 0 Å². The molecule has 18 heavy (non-hydrogen) atoms. The molecule has 0 amide bonds. The number of nitrogens with zero attached hydrogens (tertiary/aromatic N) is 2. The number of imidazole rings is 1. The van der Waals surface area contributed by atoms with Gasteiger partial charge in [-0.1, -0.05) is 26.7 Å². The Morgan fingerprint density at radius 3 is 2.83 bits per heavy atom. The molecule has 0 bridgehead atoms. The van der Waals surface area contributed by atoms with Gasteiger partial charge < -0.3 is 9.88 Å². The fourth-order valence-electron chi connectivity index (χ4n) is 3.27. The molecule has 2 heterocycles. The zero-order valence-corrected chi connectivity index (χ0v) is 12.0. The molecular weight excluding hydrogens is 222 g/mol. The Kier molecular flexibility index (Phi) is 4.81. The van der Waals surface area contributed by atoms with Gasteiger partial charge in [-0.05, 0) is 32.2 Å². The first-order valence-electron chi connectivity index (χ1n) is 7.50. The first-order chi connectivity index (χ1) is 8.77. The fraction of sp³-hybridized carbons (Fsp3) is 0.800. The van der Waals surface area contributed by atoms with Gasteiger partial charge in [-0.3, -0.25) is 0 Å². The third-order valence-electron chi connectivity index (χ3n) is 4.58. The van der Waals surface area contributed by atoms with Gasteiger partial charge in [0.15, 0.2) is 0 Å². The van der Waals surface area contributed by atoms with Crippen LogP contribution in [-0.4, -0.2) is 22.6 Å². The van der Waals surface area contributed by atoms with Crippen LogP contribution in [0.25, 0.3) is 0 Å². The lowest BCUT2D eigenvalue weighted by Gasteiger charge is -2.29. The van der Waals surface area contributed by atoms with E-state index < -0.39 is 0 Å². The van der Waals surface area contributed by atoms with Crippen molar-refractivity contribution in [1.82, 2.24) is 14.9 Å². The minimum atomic E-state index is 0.569. The molecule has 1 N–H and O–H groups in total. The molecule has 102 valence electrons. The molecule has 1 aromatic rings. The summed E-state index contributed by atoms with van der Waals surface area (Å²) in [6.45, 7) is 9.22. The molecule has 0 spiro atoms. The smallest absolute Gasteiger partial charge is 0.0950 e. The Hall–Kier alpha value is -0.830. The van der Waals surface area contributed by atoms with E-state index in [0.29, 0.717) is 12.0 Å². The van der Waals surface area contributed by atoms with E-state index in [-0.39, 0.29) is 0 Å². The highest BCUT2D eigenvalue weighted by Gasteiger charge is 2.23. The van der Waals surface area contributed by atoms with Crippen molar-refractivity contribution in [3.8, 4) is 0 Å². The normalized spacial score (nSPS) is 22.3. The lowest BCUT2D eigenvalue weighted by molar-refractivity contribution is 0.317. The molecule has 0 radical (unpaired) electrons. The van der Waals surface area contributed by atoms with Crippen LogP contribution < -0.4 is 5.32 Å². The van der Waals surface area contributed by atoms with Crippen LogP contribution in [0, 0.1) is 5.92 Å². The fourth-order valence-corrected chi connectivity index (χ4v) is 3.27. The van der Waals surface area contributed by atoms with Crippen molar-refractivity contribution in [1.29, 1.82) is 0 Å². The average molecular weight is 249 g/mol. The number of hydrogen-bond donors (Lipinski definition) is 1. The largest absolute Gasteiger partial charge is 0.331 e. The number of nitrogens with one attached hydrogen (secondary N) is 1. The monoisotopic (exact) mass is 249 g/mol. The third-order valence-corrected chi connectivity index (χ3v) is 4.58. The van der Waals surface area contributed by atoms with Crippen LogP contribution in [0.15, 0.2) is 12.5 Å². The maximum atomic E-state index is 4.40. The predicted octanol–water partition coefficient (Wildman–Crippen LogP) is 3.35. The van der Waals surface area contributed by atoms with Gasteiger partial charge in [0.25, 0.3) is 0 Å². The summed E-state index contributed by atoms with van der Waals surface area (Å²) in [6, 6.07) is 0.569. The SMILES string of the molecule is CCC(CC)C(C)n1cncc1C1CCCNC1. The Morgan fingerprint density at radius 1 is 1.44 bits per heavy atom. The summed E-state index contributed by atoms with van der Waals surface area (Å²) >= 11 is 0. The minimum absolute atomic E-state index is 0.569. The quantitative estimate of drug-likeness (QED) is 0.867. The van der Waals surface area contributed by atoms with Crippen LogP contribution in [0.5, 0.6) is 0 Å². The van der Waals surface area contributed by atoms with E-state index in [0.717, 1.165) is 12.5 Å². The zero-order chi connectivity index (χ0) is 13.0. The summed E-state index contributed by atoms with van der Waals surface area (Å²) in [5.74, 6) is 1.41. The van der Waals surface area contributed by atoms with Crippen LogP contribution in [0.2, 0.25) is 0 Å². The van der Waals surface area contributed by atoms with Crippen molar-refractivity contribution in [2.24, 2.45) is 5.92 Å². The first-order valence-corrected chi connectivity index (χ1v) is 7.50. The molecule has 1 aromatic heterocycles. The molecule has 3 nitrogen and oxygen atoms in total. The maximum absolute atomic E-state index is 4.40. The molecule has 2 atom stereocenters. The second kappa shape index (κ2) is 6.37. The second-order valence-electron chi connectivity index (χ2n) is 5.59. The van der Waals surface area contributed by atoms with Gasteiger partial charge in [0.2, 0.25) is 0 Å². The number of piperidine rings is 1. The second-order valence-corrected chi connectivity index (χ2v) is 5.59. The van der Waals surface area contributed by atoms with Gasteiger partial charge in [-0.25, -0.2) is 4.98 Å². The Balaban J connectivity index is 2.15. The number of hydrogen-bond acceptors (Lipinski definition) is 2. The molecule has 0 aliphatic carbocycles. The van der Waals surface area contributed by atoms with Crippen LogP contribution in [0.3, 0.4) is 0 Å². The van der Waals surface area contributed by atoms with E-state index in [4.69, 9.17) is 0 Å². The molecule has 1 saturated heterocycles. The van der Waals surface area contributed by atoms with E-state index >= 15 is 0 Å². The van der Waals surface area contributed by atoms with E-state index in [1.165, 1.54) is 37.9 Å². The van der Waals surface area contributed by atoms with Crippen molar-refractivity contribution >= 4 is 0 Å². The van der Waals surface area contributed by atoms with Gasteiger partial charge in [-0.15, -0.1) is 0 Å². The lowest BCUT2D eigenvalue weighted by atomic mass is 9.92. The summed E-state index contributed by atoms with van der Waals surface area (Å²) in [5, 5.41) is 3.51. The number of rotatable bonds is 5. The van der Waals surface area contributed by atoms with Crippen molar-refractivity contribution in [2.45, 2.75) is 58.4 Å². The highest BCUT2D eigenvalue weighted by Crippen LogP contribution is 2.30. The van der Waals surface area contributed by atoms with E-state index in [1.54, 1.807) is 0 Å². The molecule has 0 saturated carbocycles. The highest BCUT2D eigenvalue weighted by atomic mass is 15.1. The van der Waals surface area contributed by atoms with Gasteiger partial charge in [0.1, 0.15) is 0 Å². The highest BCUT2D eigenvalue weighted by molar-refractivity contribution is 5.09. The van der Waals surface area contributed by atoms with Crippen molar-refractivity contribution in [2.75, 3.05) is 13.1 Å². The molecule has 2 unspecified atom stereocenters. The summed E-state index contributed by atoms with van der Waals surface area (Å²) in [6.07, 6.45) is 9.20. The summed E-state index contributed by atoms with van der Waals surface area (Å²) in [4.78, 5) is 4.40. The topological polar surface area (TPSA) is 29.9 Å². The Bertz CT molecular complexity index is 348. The van der Waals surface area contributed by atoms with Crippen molar-refractivity contribution in [3.63, 3.8) is 0 Å². The van der Waals surface area contributed by atoms with Gasteiger partial charge in [-0.2, -0.15) is 0 Å². The van der Waals surface area contributed by atoms with Crippen molar-refractivity contribution in [3.05, 3.63) is 18.2 Å². The molecular formula is C15H27N3. The van der Waals surface area contributed by atoms with E-state index in [2.05, 4.69) is 41.8 Å². The Morgan fingerprint density at radius 2 is 2.22 bits per heavy atom. The molecule has 3 heteroatoms.